The number of halogens is 1. The molecule has 2 aliphatic rings. The Bertz CT molecular complexity index is 495. The largest absolute Gasteiger partial charge is 0.365 e. The lowest BCUT2D eigenvalue weighted by Gasteiger charge is -2.31. The SMILES string of the molecule is Fc1ccccc1CCNC1=NCC2(CCCC2)CS1. The summed E-state index contributed by atoms with van der Waals surface area (Å²) in [5.41, 5.74) is 1.26. The van der Waals surface area contributed by atoms with Gasteiger partial charge in [0, 0.05) is 18.8 Å². The van der Waals surface area contributed by atoms with Gasteiger partial charge in [-0.25, -0.2) is 4.39 Å². The Morgan fingerprint density at radius 1 is 1.25 bits per heavy atom. The molecule has 108 valence electrons. The fourth-order valence-electron chi connectivity index (χ4n) is 3.09. The third-order valence-corrected chi connectivity index (χ3v) is 5.67. The molecule has 0 bridgehead atoms. The van der Waals surface area contributed by atoms with Crippen molar-refractivity contribution in [2.45, 2.75) is 32.1 Å². The van der Waals surface area contributed by atoms with E-state index in [1.54, 1.807) is 6.07 Å². The van der Waals surface area contributed by atoms with E-state index in [-0.39, 0.29) is 5.82 Å². The third-order valence-electron chi connectivity index (χ3n) is 4.37. The summed E-state index contributed by atoms with van der Waals surface area (Å²) in [6.07, 6.45) is 6.12. The van der Waals surface area contributed by atoms with E-state index < -0.39 is 0 Å². The van der Waals surface area contributed by atoms with Crippen LogP contribution in [0.5, 0.6) is 0 Å². The van der Waals surface area contributed by atoms with Crippen molar-refractivity contribution >= 4 is 16.9 Å². The maximum absolute atomic E-state index is 13.5. The Balaban J connectivity index is 1.48. The van der Waals surface area contributed by atoms with Crippen LogP contribution in [0.1, 0.15) is 31.2 Å². The highest BCUT2D eigenvalue weighted by molar-refractivity contribution is 8.13. The molecule has 1 heterocycles. The van der Waals surface area contributed by atoms with E-state index in [0.29, 0.717) is 11.8 Å². The standard InChI is InChI=1S/C16H21FN2S/c17-14-6-2-1-5-13(14)7-10-18-15-19-11-16(12-20-15)8-3-4-9-16/h1-2,5-6H,3-4,7-12H2,(H,18,19). The van der Waals surface area contributed by atoms with E-state index >= 15 is 0 Å². The predicted octanol–water partition coefficient (Wildman–Crippen LogP) is 3.62. The minimum Gasteiger partial charge on any atom is -0.365 e. The van der Waals surface area contributed by atoms with Gasteiger partial charge in [0.1, 0.15) is 5.82 Å². The molecule has 1 aliphatic carbocycles. The van der Waals surface area contributed by atoms with Gasteiger partial charge in [-0.3, -0.25) is 4.99 Å². The van der Waals surface area contributed by atoms with Crippen LogP contribution in [0.3, 0.4) is 0 Å². The van der Waals surface area contributed by atoms with Crippen molar-refractivity contribution in [2.75, 3.05) is 18.8 Å². The lowest BCUT2D eigenvalue weighted by molar-refractivity contribution is 0.358. The van der Waals surface area contributed by atoms with E-state index in [4.69, 9.17) is 4.99 Å². The van der Waals surface area contributed by atoms with Gasteiger partial charge in [-0.1, -0.05) is 42.8 Å². The van der Waals surface area contributed by atoms with Gasteiger partial charge >= 0.3 is 0 Å². The summed E-state index contributed by atoms with van der Waals surface area (Å²) in [6.45, 7) is 1.72. The molecular formula is C16H21FN2S. The Morgan fingerprint density at radius 2 is 2.05 bits per heavy atom. The molecule has 2 nitrogen and oxygen atoms in total. The molecule has 0 unspecified atom stereocenters. The molecule has 1 aromatic rings. The summed E-state index contributed by atoms with van der Waals surface area (Å²) in [7, 11) is 0. The summed E-state index contributed by atoms with van der Waals surface area (Å²) in [5.74, 6) is 1.08. The van der Waals surface area contributed by atoms with Crippen molar-refractivity contribution in [1.82, 2.24) is 5.32 Å². The van der Waals surface area contributed by atoms with Crippen molar-refractivity contribution < 1.29 is 4.39 Å². The first-order valence-electron chi connectivity index (χ1n) is 7.42. The number of hydrogen-bond donors (Lipinski definition) is 1. The highest BCUT2D eigenvalue weighted by Gasteiger charge is 2.36. The molecule has 0 radical (unpaired) electrons. The van der Waals surface area contributed by atoms with Crippen molar-refractivity contribution in [3.63, 3.8) is 0 Å². The van der Waals surface area contributed by atoms with Crippen molar-refractivity contribution in [2.24, 2.45) is 10.4 Å². The number of hydrogen-bond acceptors (Lipinski definition) is 3. The lowest BCUT2D eigenvalue weighted by Crippen LogP contribution is -2.34. The Morgan fingerprint density at radius 3 is 2.75 bits per heavy atom. The second-order valence-electron chi connectivity index (χ2n) is 5.89. The Labute approximate surface area is 124 Å². The van der Waals surface area contributed by atoms with Crippen LogP contribution in [-0.4, -0.2) is 24.0 Å². The van der Waals surface area contributed by atoms with Crippen LogP contribution in [0.2, 0.25) is 0 Å². The first-order valence-corrected chi connectivity index (χ1v) is 8.41. The molecule has 0 atom stereocenters. The van der Waals surface area contributed by atoms with Crippen LogP contribution in [0, 0.1) is 11.2 Å². The molecule has 1 aromatic carbocycles. The van der Waals surface area contributed by atoms with E-state index in [9.17, 15) is 4.39 Å². The molecule has 1 N–H and O–H groups in total. The average molecular weight is 292 g/mol. The molecule has 20 heavy (non-hydrogen) atoms. The minimum atomic E-state index is -0.113. The second kappa shape index (κ2) is 6.17. The van der Waals surface area contributed by atoms with E-state index in [0.717, 1.165) is 23.8 Å². The number of rotatable bonds is 3. The molecule has 3 rings (SSSR count). The number of nitrogens with one attached hydrogen (secondary N) is 1. The van der Waals surface area contributed by atoms with Crippen LogP contribution in [0.15, 0.2) is 29.3 Å². The van der Waals surface area contributed by atoms with Crippen LogP contribution in [0.25, 0.3) is 0 Å². The number of benzene rings is 1. The van der Waals surface area contributed by atoms with Crippen LogP contribution >= 0.6 is 11.8 Å². The molecule has 0 saturated heterocycles. The summed E-state index contributed by atoms with van der Waals surface area (Å²) in [6, 6.07) is 6.98. The summed E-state index contributed by atoms with van der Waals surface area (Å²) in [4.78, 5) is 4.69. The molecule has 1 saturated carbocycles. The van der Waals surface area contributed by atoms with Crippen LogP contribution in [0.4, 0.5) is 4.39 Å². The molecule has 0 amide bonds. The summed E-state index contributed by atoms with van der Waals surface area (Å²) < 4.78 is 13.5. The van der Waals surface area contributed by atoms with Crippen molar-refractivity contribution in [3.05, 3.63) is 35.6 Å². The number of nitrogens with zero attached hydrogens (tertiary/aromatic N) is 1. The maximum Gasteiger partial charge on any atom is 0.156 e. The van der Waals surface area contributed by atoms with Gasteiger partial charge in [0.25, 0.3) is 0 Å². The van der Waals surface area contributed by atoms with E-state index in [1.165, 1.54) is 37.5 Å². The van der Waals surface area contributed by atoms with Crippen molar-refractivity contribution in [1.29, 1.82) is 0 Å². The summed E-state index contributed by atoms with van der Waals surface area (Å²) in [5, 5.41) is 4.39. The first kappa shape index (κ1) is 13.9. The highest BCUT2D eigenvalue weighted by atomic mass is 32.2. The zero-order chi connectivity index (χ0) is 13.8. The van der Waals surface area contributed by atoms with Gasteiger partial charge in [0.05, 0.1) is 0 Å². The van der Waals surface area contributed by atoms with Gasteiger partial charge in [0.2, 0.25) is 0 Å². The van der Waals surface area contributed by atoms with Gasteiger partial charge in [-0.15, -0.1) is 0 Å². The van der Waals surface area contributed by atoms with Gasteiger partial charge in [-0.2, -0.15) is 0 Å². The van der Waals surface area contributed by atoms with Gasteiger partial charge in [0.15, 0.2) is 5.17 Å². The zero-order valence-corrected chi connectivity index (χ0v) is 12.5. The Kier molecular flexibility index (Phi) is 4.29. The third kappa shape index (κ3) is 3.17. The molecule has 0 aromatic heterocycles. The zero-order valence-electron chi connectivity index (χ0n) is 11.7. The minimum absolute atomic E-state index is 0.113. The highest BCUT2D eigenvalue weighted by Crippen LogP contribution is 2.43. The van der Waals surface area contributed by atoms with Crippen LogP contribution in [-0.2, 0) is 6.42 Å². The normalized spacial score (nSPS) is 20.9. The monoisotopic (exact) mass is 292 g/mol. The van der Waals surface area contributed by atoms with Crippen molar-refractivity contribution in [3.8, 4) is 0 Å². The predicted molar refractivity (Wildman–Crippen MR) is 83.8 cm³/mol. The molecule has 4 heteroatoms. The van der Waals surface area contributed by atoms with Gasteiger partial charge in [-0.05, 0) is 36.3 Å². The lowest BCUT2D eigenvalue weighted by atomic mass is 9.89. The first-order chi connectivity index (χ1) is 9.77. The molecule has 1 fully saturated rings. The topological polar surface area (TPSA) is 24.4 Å². The number of amidine groups is 1. The quantitative estimate of drug-likeness (QED) is 0.920. The number of aliphatic imine (C=N–C) groups is 1. The fraction of sp³-hybridized carbons (Fsp3) is 0.562. The smallest absolute Gasteiger partial charge is 0.156 e. The van der Waals surface area contributed by atoms with Crippen LogP contribution < -0.4 is 5.32 Å². The number of thioether (sulfide) groups is 1. The molecular weight excluding hydrogens is 271 g/mol. The average Bonchev–Trinajstić information content (AvgIpc) is 2.92. The summed E-state index contributed by atoms with van der Waals surface area (Å²) >= 11 is 1.84. The maximum atomic E-state index is 13.5. The molecule has 1 aliphatic heterocycles. The second-order valence-corrected chi connectivity index (χ2v) is 6.85. The van der Waals surface area contributed by atoms with E-state index in [2.05, 4.69) is 5.32 Å². The fourth-order valence-corrected chi connectivity index (χ4v) is 4.27. The molecule has 1 spiro atoms. The van der Waals surface area contributed by atoms with E-state index in [1.807, 2.05) is 23.9 Å². The van der Waals surface area contributed by atoms with Gasteiger partial charge < -0.3 is 5.32 Å². The Hall–Kier alpha value is -1.03.